The lowest BCUT2D eigenvalue weighted by molar-refractivity contribution is -0.120. The zero-order valence-corrected chi connectivity index (χ0v) is 18.0. The highest BCUT2D eigenvalue weighted by molar-refractivity contribution is 6.07. The highest BCUT2D eigenvalue weighted by Gasteiger charge is 2.52. The molecule has 2 fully saturated rings. The lowest BCUT2D eigenvalue weighted by Gasteiger charge is -2.24. The topological polar surface area (TPSA) is 103 Å². The monoisotopic (exact) mass is 433 g/mol. The van der Waals surface area contributed by atoms with Gasteiger partial charge in [-0.1, -0.05) is 30.3 Å². The number of carbonyl (C=O) groups excluding carboxylic acids is 3. The van der Waals surface area contributed by atoms with Crippen molar-refractivity contribution in [2.75, 3.05) is 23.7 Å². The summed E-state index contributed by atoms with van der Waals surface area (Å²) >= 11 is 0. The molecule has 1 saturated heterocycles. The average molecular weight is 434 g/mol. The van der Waals surface area contributed by atoms with E-state index in [0.29, 0.717) is 31.2 Å². The number of carbonyl (C=O) groups is 3. The molecular formula is C24H27N5O3. The Bertz CT molecular complexity index is 1070. The van der Waals surface area contributed by atoms with Crippen molar-refractivity contribution in [1.29, 1.82) is 0 Å². The van der Waals surface area contributed by atoms with Crippen LogP contribution < -0.4 is 21.3 Å². The Kier molecular flexibility index (Phi) is 5.00. The first-order valence-corrected chi connectivity index (χ1v) is 11.1. The normalized spacial score (nSPS) is 22.3. The summed E-state index contributed by atoms with van der Waals surface area (Å²) in [4.78, 5) is 39.2. The molecule has 5 rings (SSSR count). The summed E-state index contributed by atoms with van der Waals surface area (Å²) in [5.41, 5.74) is 2.79. The molecule has 1 saturated carbocycles. The summed E-state index contributed by atoms with van der Waals surface area (Å²) in [7, 11) is 0. The summed E-state index contributed by atoms with van der Waals surface area (Å²) in [5.74, 6) is -0.0316. The van der Waals surface area contributed by atoms with Crippen molar-refractivity contribution < 1.29 is 14.4 Å². The average Bonchev–Trinajstić information content (AvgIpc) is 3.40. The van der Waals surface area contributed by atoms with E-state index in [0.717, 1.165) is 29.7 Å². The number of urea groups is 2. The highest BCUT2D eigenvalue weighted by Crippen LogP contribution is 2.44. The number of hydrogen-bond acceptors (Lipinski definition) is 3. The van der Waals surface area contributed by atoms with Gasteiger partial charge in [0.1, 0.15) is 0 Å². The number of hydrogen-bond donors (Lipinski definition) is 4. The third kappa shape index (κ3) is 3.77. The fourth-order valence-corrected chi connectivity index (χ4v) is 4.56. The van der Waals surface area contributed by atoms with Gasteiger partial charge < -0.3 is 26.2 Å². The molecule has 2 aromatic rings. The predicted molar refractivity (Wildman–Crippen MR) is 122 cm³/mol. The van der Waals surface area contributed by atoms with Crippen LogP contribution in [0.2, 0.25) is 0 Å². The van der Waals surface area contributed by atoms with Crippen LogP contribution in [0.3, 0.4) is 0 Å². The van der Waals surface area contributed by atoms with E-state index < -0.39 is 5.41 Å². The first-order chi connectivity index (χ1) is 15.4. The fraction of sp³-hybridized carbons (Fsp3) is 0.375. The van der Waals surface area contributed by atoms with Crippen LogP contribution in [0.1, 0.15) is 43.4 Å². The maximum absolute atomic E-state index is 12.9. The molecule has 3 aliphatic rings. The molecule has 2 atom stereocenters. The van der Waals surface area contributed by atoms with Crippen molar-refractivity contribution in [2.45, 2.75) is 43.7 Å². The summed E-state index contributed by atoms with van der Waals surface area (Å²) in [6, 6.07) is 14.9. The minimum Gasteiger partial charge on any atom is -0.335 e. The predicted octanol–water partition coefficient (Wildman–Crippen LogP) is 3.34. The Labute approximate surface area is 186 Å². The smallest absolute Gasteiger partial charge is 0.319 e. The molecule has 2 aromatic carbocycles. The number of para-hydroxylation sites is 1. The zero-order chi connectivity index (χ0) is 22.3. The second-order valence-electron chi connectivity index (χ2n) is 8.92. The maximum Gasteiger partial charge on any atom is 0.319 e. The van der Waals surface area contributed by atoms with Gasteiger partial charge >= 0.3 is 12.1 Å². The number of rotatable bonds is 4. The number of anilines is 2. The molecular weight excluding hydrogens is 406 g/mol. The molecule has 5 amide bonds. The number of nitrogens with one attached hydrogen (secondary N) is 4. The number of likely N-dealkylation sites (tertiary alicyclic amines) is 1. The second-order valence-corrected chi connectivity index (χ2v) is 8.92. The first-order valence-electron chi connectivity index (χ1n) is 11.1. The van der Waals surface area contributed by atoms with Crippen molar-refractivity contribution >= 4 is 29.3 Å². The van der Waals surface area contributed by atoms with Gasteiger partial charge in [-0.05, 0) is 55.5 Å². The molecule has 2 unspecified atom stereocenters. The first kappa shape index (κ1) is 20.4. The largest absolute Gasteiger partial charge is 0.335 e. The van der Waals surface area contributed by atoms with Crippen LogP contribution >= 0.6 is 0 Å². The van der Waals surface area contributed by atoms with Crippen LogP contribution in [-0.2, 0) is 10.2 Å². The van der Waals surface area contributed by atoms with E-state index >= 15 is 0 Å². The van der Waals surface area contributed by atoms with E-state index in [1.54, 1.807) is 4.90 Å². The molecule has 32 heavy (non-hydrogen) atoms. The molecule has 166 valence electrons. The van der Waals surface area contributed by atoms with E-state index in [2.05, 4.69) is 21.3 Å². The molecule has 1 aliphatic carbocycles. The van der Waals surface area contributed by atoms with E-state index in [1.807, 2.05) is 55.5 Å². The van der Waals surface area contributed by atoms with Gasteiger partial charge in [0.2, 0.25) is 5.91 Å². The Hall–Kier alpha value is -3.55. The molecule has 8 heteroatoms. The van der Waals surface area contributed by atoms with Gasteiger partial charge in [-0.15, -0.1) is 0 Å². The van der Waals surface area contributed by atoms with Crippen molar-refractivity contribution in [3.05, 3.63) is 59.7 Å². The van der Waals surface area contributed by atoms with Crippen LogP contribution in [0, 0.1) is 0 Å². The van der Waals surface area contributed by atoms with Crippen LogP contribution in [0.25, 0.3) is 0 Å². The Morgan fingerprint density at radius 3 is 2.62 bits per heavy atom. The number of nitrogens with zero attached hydrogens (tertiary/aromatic N) is 1. The van der Waals surface area contributed by atoms with E-state index in [-0.39, 0.29) is 24.0 Å². The van der Waals surface area contributed by atoms with Crippen molar-refractivity contribution in [1.82, 2.24) is 15.5 Å². The van der Waals surface area contributed by atoms with Gasteiger partial charge in [0.05, 0.1) is 11.5 Å². The van der Waals surface area contributed by atoms with E-state index in [9.17, 15) is 14.4 Å². The zero-order valence-electron chi connectivity index (χ0n) is 18.0. The molecule has 2 aliphatic heterocycles. The van der Waals surface area contributed by atoms with E-state index in [4.69, 9.17) is 0 Å². The quantitative estimate of drug-likeness (QED) is 0.595. The summed E-state index contributed by atoms with van der Waals surface area (Å²) in [6.07, 6.45) is 2.69. The number of benzene rings is 2. The van der Waals surface area contributed by atoms with Gasteiger partial charge in [-0.25, -0.2) is 9.59 Å². The standard InChI is InChI=1S/C24H27N5O3/c1-15(16-6-8-17(9-7-16)26-22(31)27-18-10-11-18)25-23(32)29-13-12-24(14-29)19-4-2-3-5-20(19)28-21(24)30/h2-9,15,18H,10-14H2,1H3,(H,25,32)(H,28,30)(H2,26,27,31). The van der Waals surface area contributed by atoms with Gasteiger partial charge in [-0.3, -0.25) is 4.79 Å². The summed E-state index contributed by atoms with van der Waals surface area (Å²) in [6.45, 7) is 2.82. The van der Waals surface area contributed by atoms with E-state index in [1.165, 1.54) is 0 Å². The third-order valence-corrected chi connectivity index (χ3v) is 6.60. The minimum absolute atomic E-state index is 0.0316. The molecule has 0 bridgehead atoms. The summed E-state index contributed by atoms with van der Waals surface area (Å²) < 4.78 is 0. The minimum atomic E-state index is -0.661. The fourth-order valence-electron chi connectivity index (χ4n) is 4.56. The van der Waals surface area contributed by atoms with Gasteiger partial charge in [-0.2, -0.15) is 0 Å². The molecule has 0 radical (unpaired) electrons. The lowest BCUT2D eigenvalue weighted by Crippen LogP contribution is -2.43. The third-order valence-electron chi connectivity index (χ3n) is 6.60. The lowest BCUT2D eigenvalue weighted by atomic mass is 9.81. The Balaban J connectivity index is 1.19. The highest BCUT2D eigenvalue weighted by atomic mass is 16.2. The molecule has 1 spiro atoms. The van der Waals surface area contributed by atoms with Crippen LogP contribution in [0.5, 0.6) is 0 Å². The molecule has 4 N–H and O–H groups in total. The Morgan fingerprint density at radius 2 is 1.88 bits per heavy atom. The van der Waals surface area contributed by atoms with Crippen molar-refractivity contribution in [2.24, 2.45) is 0 Å². The second kappa shape index (κ2) is 7.85. The molecule has 2 heterocycles. The molecule has 8 nitrogen and oxygen atoms in total. The van der Waals surface area contributed by atoms with Gasteiger partial charge in [0.25, 0.3) is 0 Å². The SMILES string of the molecule is CC(NC(=O)N1CCC2(C1)C(=O)Nc1ccccc12)c1ccc(NC(=O)NC2CC2)cc1. The molecule has 0 aromatic heterocycles. The van der Waals surface area contributed by atoms with Crippen LogP contribution in [0.15, 0.2) is 48.5 Å². The number of amides is 5. The maximum atomic E-state index is 12.9. The van der Waals surface area contributed by atoms with Crippen LogP contribution in [0.4, 0.5) is 21.0 Å². The van der Waals surface area contributed by atoms with Crippen molar-refractivity contribution in [3.8, 4) is 0 Å². The Morgan fingerprint density at radius 1 is 1.12 bits per heavy atom. The summed E-state index contributed by atoms with van der Waals surface area (Å²) in [5, 5.41) is 11.7. The van der Waals surface area contributed by atoms with Crippen LogP contribution in [-0.4, -0.2) is 42.0 Å². The van der Waals surface area contributed by atoms with Gasteiger partial charge in [0.15, 0.2) is 0 Å². The van der Waals surface area contributed by atoms with Crippen molar-refractivity contribution in [3.63, 3.8) is 0 Å². The number of fused-ring (bicyclic) bond motifs is 2. The van der Waals surface area contributed by atoms with Gasteiger partial charge in [0, 0.05) is 30.5 Å².